The second kappa shape index (κ2) is 8.33. The summed E-state index contributed by atoms with van der Waals surface area (Å²) in [5.41, 5.74) is 1.90. The quantitative estimate of drug-likeness (QED) is 0.861. The highest BCUT2D eigenvalue weighted by Crippen LogP contribution is 2.20. The zero-order chi connectivity index (χ0) is 18.4. The average molecular weight is 340 g/mol. The number of ether oxygens (including phenoxy) is 1. The van der Waals surface area contributed by atoms with E-state index in [1.54, 1.807) is 49.5 Å². The third-order valence-electron chi connectivity index (χ3n) is 3.99. The Morgan fingerprint density at radius 3 is 2.44 bits per heavy atom. The minimum absolute atomic E-state index is 0.0691. The summed E-state index contributed by atoms with van der Waals surface area (Å²) in [5.74, 6) is 0.467. The smallest absolute Gasteiger partial charge is 0.255 e. The first-order valence-electron chi connectivity index (χ1n) is 8.33. The van der Waals surface area contributed by atoms with Gasteiger partial charge >= 0.3 is 0 Å². The van der Waals surface area contributed by atoms with Gasteiger partial charge in [-0.05, 0) is 55.8 Å². The Kier molecular flexibility index (Phi) is 6.17. The summed E-state index contributed by atoms with van der Waals surface area (Å²) in [6.45, 7) is 5.56. The van der Waals surface area contributed by atoms with E-state index in [-0.39, 0.29) is 17.9 Å². The van der Waals surface area contributed by atoms with Crippen LogP contribution in [0.1, 0.15) is 37.6 Å². The van der Waals surface area contributed by atoms with Crippen LogP contribution in [0.3, 0.4) is 0 Å². The number of hydrogen-bond donors (Lipinski definition) is 1. The number of nitrogens with one attached hydrogen (secondary N) is 1. The highest BCUT2D eigenvalue weighted by molar-refractivity contribution is 6.04. The molecule has 0 saturated carbocycles. The van der Waals surface area contributed by atoms with Gasteiger partial charge in [-0.3, -0.25) is 9.59 Å². The predicted octanol–water partition coefficient (Wildman–Crippen LogP) is 4.10. The van der Waals surface area contributed by atoms with Crippen molar-refractivity contribution in [1.29, 1.82) is 0 Å². The SMILES string of the molecule is CCC(C)Oc1ccc(C(=O)Nc2cccc(N(C)C(C)=O)c2)cc1. The minimum atomic E-state index is -0.210. The molecule has 2 rings (SSSR count). The molecule has 0 aliphatic carbocycles. The number of hydrogen-bond acceptors (Lipinski definition) is 3. The lowest BCUT2D eigenvalue weighted by Crippen LogP contribution is -2.23. The third-order valence-corrected chi connectivity index (χ3v) is 3.99. The maximum atomic E-state index is 12.4. The van der Waals surface area contributed by atoms with Crippen molar-refractivity contribution in [2.45, 2.75) is 33.3 Å². The van der Waals surface area contributed by atoms with Gasteiger partial charge in [0.25, 0.3) is 5.91 Å². The Bertz CT molecular complexity index is 741. The maximum absolute atomic E-state index is 12.4. The highest BCUT2D eigenvalue weighted by atomic mass is 16.5. The maximum Gasteiger partial charge on any atom is 0.255 e. The molecule has 132 valence electrons. The van der Waals surface area contributed by atoms with Crippen molar-refractivity contribution >= 4 is 23.2 Å². The Hall–Kier alpha value is -2.82. The van der Waals surface area contributed by atoms with Crippen molar-refractivity contribution in [1.82, 2.24) is 0 Å². The topological polar surface area (TPSA) is 58.6 Å². The van der Waals surface area contributed by atoms with E-state index in [9.17, 15) is 9.59 Å². The molecule has 2 amide bonds. The summed E-state index contributed by atoms with van der Waals surface area (Å²) < 4.78 is 5.71. The molecule has 0 fully saturated rings. The number of benzene rings is 2. The van der Waals surface area contributed by atoms with Gasteiger partial charge in [0.05, 0.1) is 6.10 Å². The summed E-state index contributed by atoms with van der Waals surface area (Å²) in [6.07, 6.45) is 1.06. The van der Waals surface area contributed by atoms with Crippen LogP contribution in [0.2, 0.25) is 0 Å². The molecule has 0 bridgehead atoms. The first-order chi connectivity index (χ1) is 11.9. The molecule has 0 aliphatic rings. The van der Waals surface area contributed by atoms with E-state index in [1.807, 2.05) is 13.0 Å². The van der Waals surface area contributed by atoms with Gasteiger partial charge in [-0.1, -0.05) is 13.0 Å². The van der Waals surface area contributed by atoms with Crippen molar-refractivity contribution in [2.75, 3.05) is 17.3 Å². The molecule has 1 atom stereocenters. The van der Waals surface area contributed by atoms with Crippen LogP contribution in [-0.4, -0.2) is 25.0 Å². The van der Waals surface area contributed by atoms with Crippen LogP contribution in [0, 0.1) is 0 Å². The first kappa shape index (κ1) is 18.5. The molecule has 1 N–H and O–H groups in total. The molecule has 0 radical (unpaired) electrons. The summed E-state index contributed by atoms with van der Waals surface area (Å²) in [5, 5.41) is 2.85. The zero-order valence-corrected chi connectivity index (χ0v) is 15.1. The molecule has 0 heterocycles. The van der Waals surface area contributed by atoms with Crippen molar-refractivity contribution in [3.63, 3.8) is 0 Å². The van der Waals surface area contributed by atoms with Crippen LogP contribution in [0.5, 0.6) is 5.75 Å². The molecule has 2 aromatic carbocycles. The van der Waals surface area contributed by atoms with Crippen LogP contribution >= 0.6 is 0 Å². The van der Waals surface area contributed by atoms with Crippen molar-refractivity contribution in [2.24, 2.45) is 0 Å². The Labute approximate surface area is 148 Å². The predicted molar refractivity (Wildman–Crippen MR) is 100 cm³/mol. The van der Waals surface area contributed by atoms with E-state index in [0.29, 0.717) is 11.3 Å². The van der Waals surface area contributed by atoms with Crippen LogP contribution in [-0.2, 0) is 4.79 Å². The summed E-state index contributed by atoms with van der Waals surface area (Å²) in [7, 11) is 1.69. The fourth-order valence-electron chi connectivity index (χ4n) is 2.18. The molecule has 0 aromatic heterocycles. The molecular formula is C20H24N2O3. The molecule has 0 saturated heterocycles. The molecule has 2 aromatic rings. The fourth-order valence-corrected chi connectivity index (χ4v) is 2.18. The van der Waals surface area contributed by atoms with Gasteiger partial charge in [0, 0.05) is 30.9 Å². The number of rotatable bonds is 6. The van der Waals surface area contributed by atoms with E-state index < -0.39 is 0 Å². The van der Waals surface area contributed by atoms with E-state index in [2.05, 4.69) is 12.2 Å². The number of nitrogens with zero attached hydrogens (tertiary/aromatic N) is 1. The van der Waals surface area contributed by atoms with Gasteiger partial charge < -0.3 is 15.0 Å². The van der Waals surface area contributed by atoms with Gasteiger partial charge in [-0.25, -0.2) is 0 Å². The van der Waals surface area contributed by atoms with Crippen LogP contribution in [0.25, 0.3) is 0 Å². The zero-order valence-electron chi connectivity index (χ0n) is 15.1. The standard InChI is InChI=1S/C20H24N2O3/c1-5-14(2)25-19-11-9-16(10-12-19)20(24)21-17-7-6-8-18(13-17)22(4)15(3)23/h6-14H,5H2,1-4H3,(H,21,24). The molecule has 0 aliphatic heterocycles. The number of carbonyl (C=O) groups is 2. The van der Waals surface area contributed by atoms with Crippen molar-refractivity contribution in [3.05, 3.63) is 54.1 Å². The largest absolute Gasteiger partial charge is 0.491 e. The highest BCUT2D eigenvalue weighted by Gasteiger charge is 2.10. The van der Waals surface area contributed by atoms with Crippen molar-refractivity contribution < 1.29 is 14.3 Å². The van der Waals surface area contributed by atoms with E-state index >= 15 is 0 Å². The molecule has 0 spiro atoms. The Balaban J connectivity index is 2.07. The lowest BCUT2D eigenvalue weighted by atomic mass is 10.2. The van der Waals surface area contributed by atoms with Gasteiger partial charge in [0.2, 0.25) is 5.91 Å². The van der Waals surface area contributed by atoms with Crippen LogP contribution in [0.15, 0.2) is 48.5 Å². The Morgan fingerprint density at radius 2 is 1.84 bits per heavy atom. The lowest BCUT2D eigenvalue weighted by molar-refractivity contribution is -0.116. The first-order valence-corrected chi connectivity index (χ1v) is 8.33. The molecule has 5 nitrogen and oxygen atoms in total. The molecule has 25 heavy (non-hydrogen) atoms. The summed E-state index contributed by atoms with van der Waals surface area (Å²) in [4.78, 5) is 25.4. The molecule has 5 heteroatoms. The Morgan fingerprint density at radius 1 is 1.16 bits per heavy atom. The lowest BCUT2D eigenvalue weighted by Gasteiger charge is -2.16. The average Bonchev–Trinajstić information content (AvgIpc) is 2.61. The van der Waals surface area contributed by atoms with Gasteiger partial charge in [0.15, 0.2) is 0 Å². The second-order valence-electron chi connectivity index (χ2n) is 5.94. The van der Waals surface area contributed by atoms with Gasteiger partial charge in [0.1, 0.15) is 5.75 Å². The second-order valence-corrected chi connectivity index (χ2v) is 5.94. The van der Waals surface area contributed by atoms with Crippen LogP contribution in [0.4, 0.5) is 11.4 Å². The minimum Gasteiger partial charge on any atom is -0.491 e. The fraction of sp³-hybridized carbons (Fsp3) is 0.300. The van der Waals surface area contributed by atoms with Crippen LogP contribution < -0.4 is 15.0 Å². The number of amides is 2. The summed E-state index contributed by atoms with van der Waals surface area (Å²) in [6, 6.07) is 14.2. The molecular weight excluding hydrogens is 316 g/mol. The van der Waals surface area contributed by atoms with Gasteiger partial charge in [-0.15, -0.1) is 0 Å². The van der Waals surface area contributed by atoms with E-state index in [0.717, 1.165) is 17.9 Å². The van der Waals surface area contributed by atoms with E-state index in [1.165, 1.54) is 11.8 Å². The normalized spacial score (nSPS) is 11.5. The number of anilines is 2. The molecule has 1 unspecified atom stereocenters. The number of carbonyl (C=O) groups excluding carboxylic acids is 2. The monoisotopic (exact) mass is 340 g/mol. The third kappa shape index (κ3) is 5.08. The van der Waals surface area contributed by atoms with Gasteiger partial charge in [-0.2, -0.15) is 0 Å². The van der Waals surface area contributed by atoms with E-state index in [4.69, 9.17) is 4.74 Å². The van der Waals surface area contributed by atoms with Crippen molar-refractivity contribution in [3.8, 4) is 5.75 Å². The summed E-state index contributed by atoms with van der Waals surface area (Å²) >= 11 is 0.